The van der Waals surface area contributed by atoms with Gasteiger partial charge in [-0.15, -0.1) is 0 Å². The molecule has 0 aliphatic carbocycles. The number of thioether (sulfide) groups is 1. The number of rotatable bonds is 4. The number of hydrogen-bond donors (Lipinski definition) is 0. The van der Waals surface area contributed by atoms with Crippen molar-refractivity contribution in [1.29, 1.82) is 0 Å². The van der Waals surface area contributed by atoms with Crippen molar-refractivity contribution in [3.05, 3.63) is 30.1 Å². The zero-order valence-corrected chi connectivity index (χ0v) is 11.0. The number of nitrogens with zero attached hydrogens (tertiary/aromatic N) is 3. The molecule has 1 aliphatic heterocycles. The van der Waals surface area contributed by atoms with Gasteiger partial charge in [-0.25, -0.2) is 9.67 Å². The van der Waals surface area contributed by atoms with Crippen molar-refractivity contribution >= 4 is 17.5 Å². The van der Waals surface area contributed by atoms with Gasteiger partial charge < -0.3 is 9.47 Å². The van der Waals surface area contributed by atoms with E-state index in [9.17, 15) is 4.79 Å². The van der Waals surface area contributed by atoms with Gasteiger partial charge in [0.1, 0.15) is 6.33 Å². The summed E-state index contributed by atoms with van der Waals surface area (Å²) in [7, 11) is 1.79. The van der Waals surface area contributed by atoms with Crippen LogP contribution in [0.2, 0.25) is 0 Å². The Hall–Kier alpha value is -2.02. The summed E-state index contributed by atoms with van der Waals surface area (Å²) >= 11 is 1.36. The standard InChI is InChI=1S/C12H11N3O3S/c1-15-12(13-6-14-15)19-5-9(16)8-2-3-10-11(4-8)18-7-17-10/h2-4,6H,5,7H2,1H3. The Morgan fingerprint density at radius 2 is 2.26 bits per heavy atom. The van der Waals surface area contributed by atoms with Crippen LogP contribution < -0.4 is 9.47 Å². The molecule has 0 bridgehead atoms. The minimum Gasteiger partial charge on any atom is -0.454 e. The fourth-order valence-corrected chi connectivity index (χ4v) is 2.48. The van der Waals surface area contributed by atoms with Gasteiger partial charge in [-0.3, -0.25) is 4.79 Å². The molecule has 0 atom stereocenters. The Balaban J connectivity index is 1.69. The van der Waals surface area contributed by atoms with Crippen molar-refractivity contribution in [3.8, 4) is 11.5 Å². The van der Waals surface area contributed by atoms with E-state index >= 15 is 0 Å². The molecule has 1 aromatic heterocycles. The third-order valence-electron chi connectivity index (χ3n) is 2.70. The van der Waals surface area contributed by atoms with Crippen LogP contribution in [-0.4, -0.2) is 33.1 Å². The average Bonchev–Trinajstić information content (AvgIpc) is 3.03. The van der Waals surface area contributed by atoms with Crippen molar-refractivity contribution in [3.63, 3.8) is 0 Å². The van der Waals surface area contributed by atoms with Crippen LogP contribution in [0, 0.1) is 0 Å². The fraction of sp³-hybridized carbons (Fsp3) is 0.250. The van der Waals surface area contributed by atoms with Crippen LogP contribution in [0.3, 0.4) is 0 Å². The Morgan fingerprint density at radius 3 is 3.05 bits per heavy atom. The van der Waals surface area contributed by atoms with Crippen LogP contribution in [0.5, 0.6) is 11.5 Å². The molecule has 0 amide bonds. The Morgan fingerprint density at radius 1 is 1.42 bits per heavy atom. The maximum absolute atomic E-state index is 12.1. The zero-order valence-electron chi connectivity index (χ0n) is 10.2. The predicted molar refractivity (Wildman–Crippen MR) is 68.6 cm³/mol. The molecule has 0 unspecified atom stereocenters. The topological polar surface area (TPSA) is 66.2 Å². The summed E-state index contributed by atoms with van der Waals surface area (Å²) in [6.45, 7) is 0.209. The van der Waals surface area contributed by atoms with Crippen LogP contribution in [0.15, 0.2) is 29.7 Å². The summed E-state index contributed by atoms with van der Waals surface area (Å²) < 4.78 is 12.1. The van der Waals surface area contributed by atoms with Crippen molar-refractivity contribution in [2.45, 2.75) is 5.16 Å². The second-order valence-electron chi connectivity index (χ2n) is 3.95. The number of fused-ring (bicyclic) bond motifs is 1. The highest BCUT2D eigenvalue weighted by Gasteiger charge is 2.16. The van der Waals surface area contributed by atoms with E-state index in [1.165, 1.54) is 18.1 Å². The number of ether oxygens (including phenoxy) is 2. The quantitative estimate of drug-likeness (QED) is 0.623. The fourth-order valence-electron chi connectivity index (χ4n) is 1.70. The number of carbonyl (C=O) groups is 1. The van der Waals surface area contributed by atoms with Gasteiger partial charge in [0.15, 0.2) is 22.4 Å². The van der Waals surface area contributed by atoms with E-state index in [-0.39, 0.29) is 12.6 Å². The summed E-state index contributed by atoms with van der Waals surface area (Å²) in [5.74, 6) is 1.63. The molecular formula is C12H11N3O3S. The molecule has 19 heavy (non-hydrogen) atoms. The average molecular weight is 277 g/mol. The highest BCUT2D eigenvalue weighted by atomic mass is 32.2. The number of hydrogen-bond acceptors (Lipinski definition) is 6. The van der Waals surface area contributed by atoms with Crippen LogP contribution in [0.4, 0.5) is 0 Å². The van der Waals surface area contributed by atoms with Gasteiger partial charge in [-0.2, -0.15) is 5.10 Å². The minimum atomic E-state index is 0.0197. The molecule has 0 fully saturated rings. The maximum Gasteiger partial charge on any atom is 0.231 e. The third kappa shape index (κ3) is 2.41. The lowest BCUT2D eigenvalue weighted by molar-refractivity contribution is 0.102. The first-order chi connectivity index (χ1) is 9.24. The molecule has 3 rings (SSSR count). The molecule has 7 heteroatoms. The summed E-state index contributed by atoms with van der Waals surface area (Å²) in [6.07, 6.45) is 1.47. The summed E-state index contributed by atoms with van der Waals surface area (Å²) in [5.41, 5.74) is 0.610. The maximum atomic E-state index is 12.1. The molecule has 1 aliphatic rings. The zero-order chi connectivity index (χ0) is 13.2. The summed E-state index contributed by atoms with van der Waals surface area (Å²) in [5, 5.41) is 4.67. The number of Topliss-reactive ketones (excluding diaryl/α,β-unsaturated/α-hetero) is 1. The van der Waals surface area contributed by atoms with Gasteiger partial charge in [0.2, 0.25) is 6.79 Å². The number of benzene rings is 1. The smallest absolute Gasteiger partial charge is 0.231 e. The molecule has 0 N–H and O–H groups in total. The van der Waals surface area contributed by atoms with Crippen LogP contribution in [0.1, 0.15) is 10.4 Å². The second kappa shape index (κ2) is 4.93. The second-order valence-corrected chi connectivity index (χ2v) is 4.89. The molecular weight excluding hydrogens is 266 g/mol. The lowest BCUT2D eigenvalue weighted by Crippen LogP contribution is -2.04. The van der Waals surface area contributed by atoms with Crippen LogP contribution >= 0.6 is 11.8 Å². The van der Waals surface area contributed by atoms with Gasteiger partial charge in [0.25, 0.3) is 0 Å². The molecule has 0 saturated heterocycles. The first-order valence-corrected chi connectivity index (χ1v) is 6.62. The molecule has 2 heterocycles. The molecule has 0 saturated carbocycles. The van der Waals surface area contributed by atoms with Gasteiger partial charge in [-0.05, 0) is 18.2 Å². The molecule has 0 radical (unpaired) electrons. The Kier molecular flexibility index (Phi) is 3.12. The van der Waals surface area contributed by atoms with Crippen molar-refractivity contribution in [1.82, 2.24) is 14.8 Å². The van der Waals surface area contributed by atoms with E-state index in [2.05, 4.69) is 10.1 Å². The van der Waals surface area contributed by atoms with E-state index in [1.54, 1.807) is 29.9 Å². The first-order valence-electron chi connectivity index (χ1n) is 5.63. The number of ketones is 1. The lowest BCUT2D eigenvalue weighted by Gasteiger charge is -2.02. The van der Waals surface area contributed by atoms with Crippen molar-refractivity contribution < 1.29 is 14.3 Å². The predicted octanol–water partition coefficient (Wildman–Crippen LogP) is 1.52. The molecule has 2 aromatic rings. The van der Waals surface area contributed by atoms with Gasteiger partial charge in [0.05, 0.1) is 5.75 Å². The third-order valence-corrected chi connectivity index (χ3v) is 3.73. The van der Waals surface area contributed by atoms with E-state index in [4.69, 9.17) is 9.47 Å². The Labute approximate surface area is 113 Å². The first kappa shape index (κ1) is 12.0. The number of carbonyl (C=O) groups excluding carboxylic acids is 1. The highest BCUT2D eigenvalue weighted by Crippen LogP contribution is 2.32. The van der Waals surface area contributed by atoms with Crippen molar-refractivity contribution in [2.75, 3.05) is 12.5 Å². The molecule has 1 aromatic carbocycles. The Bertz CT molecular complexity index is 626. The SMILES string of the molecule is Cn1ncnc1SCC(=O)c1ccc2c(c1)OCO2. The number of aromatic nitrogens is 3. The van der Waals surface area contributed by atoms with Gasteiger partial charge in [0, 0.05) is 12.6 Å². The largest absolute Gasteiger partial charge is 0.454 e. The molecule has 98 valence electrons. The van der Waals surface area contributed by atoms with Gasteiger partial charge in [-0.1, -0.05) is 11.8 Å². The normalized spacial score (nSPS) is 12.7. The van der Waals surface area contributed by atoms with E-state index in [1.807, 2.05) is 0 Å². The molecule has 0 spiro atoms. The van der Waals surface area contributed by atoms with E-state index in [0.717, 1.165) is 0 Å². The lowest BCUT2D eigenvalue weighted by atomic mass is 10.1. The monoisotopic (exact) mass is 277 g/mol. The molecule has 6 nitrogen and oxygen atoms in total. The minimum absolute atomic E-state index is 0.0197. The van der Waals surface area contributed by atoms with Crippen LogP contribution in [-0.2, 0) is 7.05 Å². The summed E-state index contributed by atoms with van der Waals surface area (Å²) in [4.78, 5) is 16.1. The van der Waals surface area contributed by atoms with E-state index in [0.29, 0.717) is 28.0 Å². The number of aryl methyl sites for hydroxylation is 1. The van der Waals surface area contributed by atoms with Gasteiger partial charge >= 0.3 is 0 Å². The van der Waals surface area contributed by atoms with E-state index < -0.39 is 0 Å². The van der Waals surface area contributed by atoms with Crippen LogP contribution in [0.25, 0.3) is 0 Å². The highest BCUT2D eigenvalue weighted by molar-refractivity contribution is 7.99. The van der Waals surface area contributed by atoms with Crippen molar-refractivity contribution in [2.24, 2.45) is 7.05 Å². The summed E-state index contributed by atoms with van der Waals surface area (Å²) in [6, 6.07) is 5.21.